The summed E-state index contributed by atoms with van der Waals surface area (Å²) in [5.41, 5.74) is 2.84. The molecule has 0 atom stereocenters. The molecule has 0 aromatic rings. The van der Waals surface area contributed by atoms with Crippen molar-refractivity contribution in [1.82, 2.24) is 0 Å². The summed E-state index contributed by atoms with van der Waals surface area (Å²) in [6, 6.07) is 0. The van der Waals surface area contributed by atoms with Gasteiger partial charge in [0, 0.05) is 0 Å². The number of methoxy groups -OCH3 is 1. The maximum Gasteiger partial charge on any atom is 0.0859 e. The molecule has 0 radical (unpaired) electrons. The van der Waals surface area contributed by atoms with Crippen molar-refractivity contribution in [1.29, 1.82) is 0 Å². The van der Waals surface area contributed by atoms with E-state index in [9.17, 15) is 0 Å². The Labute approximate surface area is 62.4 Å². The Morgan fingerprint density at radius 2 is 2.00 bits per heavy atom. The first-order chi connectivity index (χ1) is 4.88. The SMILES string of the molecule is CC=C1CCCC1=COC. The predicted octanol–water partition coefficient (Wildman–Crippen LogP) is 2.65. The van der Waals surface area contributed by atoms with E-state index < -0.39 is 0 Å². The molecule has 1 aliphatic carbocycles. The molecule has 0 spiro atoms. The monoisotopic (exact) mass is 138 g/mol. The number of ether oxygens (including phenoxy) is 1. The Kier molecular flexibility index (Phi) is 2.55. The van der Waals surface area contributed by atoms with Crippen LogP contribution in [0.4, 0.5) is 0 Å². The molecule has 10 heavy (non-hydrogen) atoms. The van der Waals surface area contributed by atoms with Gasteiger partial charge >= 0.3 is 0 Å². The van der Waals surface area contributed by atoms with Crippen LogP contribution >= 0.6 is 0 Å². The molecule has 0 bridgehead atoms. The summed E-state index contributed by atoms with van der Waals surface area (Å²) in [6.45, 7) is 2.09. The van der Waals surface area contributed by atoms with Gasteiger partial charge in [0.2, 0.25) is 0 Å². The highest BCUT2D eigenvalue weighted by molar-refractivity contribution is 5.32. The molecule has 0 saturated heterocycles. The largest absolute Gasteiger partial charge is 0.504 e. The van der Waals surface area contributed by atoms with Crippen molar-refractivity contribution >= 4 is 0 Å². The van der Waals surface area contributed by atoms with Crippen LogP contribution in [0.2, 0.25) is 0 Å². The highest BCUT2D eigenvalue weighted by Gasteiger charge is 2.11. The minimum atomic E-state index is 1.19. The zero-order valence-corrected chi connectivity index (χ0v) is 6.68. The summed E-state index contributed by atoms with van der Waals surface area (Å²) < 4.78 is 4.95. The van der Waals surface area contributed by atoms with Crippen molar-refractivity contribution < 1.29 is 4.74 Å². The molecule has 0 aromatic carbocycles. The Bertz CT molecular complexity index is 166. The number of allylic oxidation sites excluding steroid dienone is 3. The molecule has 0 heterocycles. The van der Waals surface area contributed by atoms with Gasteiger partial charge in [-0.25, -0.2) is 0 Å². The summed E-state index contributed by atoms with van der Waals surface area (Å²) in [7, 11) is 1.71. The molecular weight excluding hydrogens is 124 g/mol. The van der Waals surface area contributed by atoms with Crippen LogP contribution in [0.1, 0.15) is 26.2 Å². The van der Waals surface area contributed by atoms with E-state index in [1.54, 1.807) is 7.11 Å². The van der Waals surface area contributed by atoms with Gasteiger partial charge in [-0.15, -0.1) is 0 Å². The van der Waals surface area contributed by atoms with E-state index in [2.05, 4.69) is 13.0 Å². The normalized spacial score (nSPS) is 26.2. The number of hydrogen-bond donors (Lipinski definition) is 0. The zero-order chi connectivity index (χ0) is 7.40. The third-order valence-corrected chi connectivity index (χ3v) is 1.91. The van der Waals surface area contributed by atoms with Crippen LogP contribution in [0.15, 0.2) is 23.5 Å². The maximum absolute atomic E-state index is 4.95. The van der Waals surface area contributed by atoms with Crippen molar-refractivity contribution in [2.24, 2.45) is 0 Å². The summed E-state index contributed by atoms with van der Waals surface area (Å²) in [6.07, 6.45) is 7.74. The fourth-order valence-corrected chi connectivity index (χ4v) is 1.40. The fourth-order valence-electron chi connectivity index (χ4n) is 1.40. The van der Waals surface area contributed by atoms with Crippen LogP contribution in [0, 0.1) is 0 Å². The third kappa shape index (κ3) is 1.41. The molecule has 1 heteroatoms. The van der Waals surface area contributed by atoms with E-state index in [1.807, 2.05) is 6.26 Å². The minimum absolute atomic E-state index is 1.19. The molecule has 56 valence electrons. The molecule has 1 nitrogen and oxygen atoms in total. The van der Waals surface area contributed by atoms with Gasteiger partial charge in [-0.05, 0) is 37.3 Å². The van der Waals surface area contributed by atoms with Crippen LogP contribution < -0.4 is 0 Å². The lowest BCUT2D eigenvalue weighted by molar-refractivity contribution is 0.334. The van der Waals surface area contributed by atoms with E-state index in [0.29, 0.717) is 0 Å². The van der Waals surface area contributed by atoms with Crippen molar-refractivity contribution in [3.63, 3.8) is 0 Å². The number of rotatable bonds is 1. The average molecular weight is 138 g/mol. The standard InChI is InChI=1S/C9H14O/c1-3-8-5-4-6-9(8)7-10-2/h3,7H,4-6H2,1-2H3. The summed E-state index contributed by atoms with van der Waals surface area (Å²) in [5, 5.41) is 0. The van der Waals surface area contributed by atoms with E-state index in [1.165, 1.54) is 30.4 Å². The molecule has 1 rings (SSSR count). The van der Waals surface area contributed by atoms with Crippen molar-refractivity contribution in [3.8, 4) is 0 Å². The van der Waals surface area contributed by atoms with Crippen molar-refractivity contribution in [2.75, 3.05) is 7.11 Å². The second-order valence-corrected chi connectivity index (χ2v) is 2.55. The Hall–Kier alpha value is -0.720. The van der Waals surface area contributed by atoms with Crippen LogP contribution in [0.5, 0.6) is 0 Å². The molecule has 0 unspecified atom stereocenters. The average Bonchev–Trinajstić information content (AvgIpc) is 2.36. The molecule has 0 aliphatic heterocycles. The summed E-state index contributed by atoms with van der Waals surface area (Å²) in [4.78, 5) is 0. The van der Waals surface area contributed by atoms with Gasteiger partial charge in [-0.1, -0.05) is 6.08 Å². The minimum Gasteiger partial charge on any atom is -0.504 e. The highest BCUT2D eigenvalue weighted by atomic mass is 16.5. The third-order valence-electron chi connectivity index (χ3n) is 1.91. The fraction of sp³-hybridized carbons (Fsp3) is 0.556. The van der Waals surface area contributed by atoms with Gasteiger partial charge in [0.25, 0.3) is 0 Å². The summed E-state index contributed by atoms with van der Waals surface area (Å²) >= 11 is 0. The van der Waals surface area contributed by atoms with Gasteiger partial charge < -0.3 is 4.74 Å². The maximum atomic E-state index is 4.95. The zero-order valence-electron chi connectivity index (χ0n) is 6.68. The van der Waals surface area contributed by atoms with E-state index in [0.717, 1.165) is 0 Å². The van der Waals surface area contributed by atoms with Crippen LogP contribution in [0.25, 0.3) is 0 Å². The van der Waals surface area contributed by atoms with Crippen LogP contribution in [-0.4, -0.2) is 7.11 Å². The lowest BCUT2D eigenvalue weighted by atomic mass is 10.1. The molecule has 0 N–H and O–H groups in total. The molecular formula is C9H14O. The van der Waals surface area contributed by atoms with Gasteiger partial charge in [0.15, 0.2) is 0 Å². The Balaban J connectivity index is 2.68. The van der Waals surface area contributed by atoms with E-state index in [-0.39, 0.29) is 0 Å². The molecule has 1 saturated carbocycles. The molecule has 1 aliphatic rings. The first-order valence-corrected chi connectivity index (χ1v) is 3.76. The topological polar surface area (TPSA) is 9.23 Å². The van der Waals surface area contributed by atoms with Crippen LogP contribution in [-0.2, 0) is 4.74 Å². The lowest BCUT2D eigenvalue weighted by Gasteiger charge is -1.97. The smallest absolute Gasteiger partial charge is 0.0859 e. The quantitative estimate of drug-likeness (QED) is 0.506. The van der Waals surface area contributed by atoms with E-state index in [4.69, 9.17) is 4.74 Å². The second kappa shape index (κ2) is 3.45. The first kappa shape index (κ1) is 7.39. The first-order valence-electron chi connectivity index (χ1n) is 3.76. The number of hydrogen-bond acceptors (Lipinski definition) is 1. The molecule has 1 fully saturated rings. The van der Waals surface area contributed by atoms with Gasteiger partial charge in [0.05, 0.1) is 13.4 Å². The molecule has 0 amide bonds. The Morgan fingerprint density at radius 1 is 1.30 bits per heavy atom. The summed E-state index contributed by atoms with van der Waals surface area (Å²) in [5.74, 6) is 0. The van der Waals surface area contributed by atoms with Crippen LogP contribution in [0.3, 0.4) is 0 Å². The Morgan fingerprint density at radius 3 is 2.60 bits per heavy atom. The second-order valence-electron chi connectivity index (χ2n) is 2.55. The highest BCUT2D eigenvalue weighted by Crippen LogP contribution is 2.29. The molecule has 0 aromatic heterocycles. The predicted molar refractivity (Wildman–Crippen MR) is 42.7 cm³/mol. The van der Waals surface area contributed by atoms with E-state index >= 15 is 0 Å². The van der Waals surface area contributed by atoms with Crippen molar-refractivity contribution in [3.05, 3.63) is 23.5 Å². The van der Waals surface area contributed by atoms with Gasteiger partial charge in [-0.3, -0.25) is 0 Å². The van der Waals surface area contributed by atoms with Gasteiger partial charge in [-0.2, -0.15) is 0 Å². The van der Waals surface area contributed by atoms with Gasteiger partial charge in [0.1, 0.15) is 0 Å². The lowest BCUT2D eigenvalue weighted by Crippen LogP contribution is -1.79. The van der Waals surface area contributed by atoms with Crippen molar-refractivity contribution in [2.45, 2.75) is 26.2 Å².